The molecule has 2 aromatic carbocycles. The third-order valence-corrected chi connectivity index (χ3v) is 5.29. The molecule has 0 saturated carbocycles. The minimum absolute atomic E-state index is 0.144. The number of para-hydroxylation sites is 1. The van der Waals surface area contributed by atoms with Crippen LogP contribution in [0.1, 0.15) is 35.2 Å². The highest BCUT2D eigenvalue weighted by atomic mass is 16.5. The minimum atomic E-state index is -0.519. The normalized spacial score (nSPS) is 18.2. The number of amides is 1. The van der Waals surface area contributed by atoms with E-state index in [0.29, 0.717) is 24.5 Å². The summed E-state index contributed by atoms with van der Waals surface area (Å²) < 4.78 is 16.5. The molecule has 2 aromatic rings. The molecule has 4 rings (SSSR count). The Balaban J connectivity index is 1.29. The second-order valence-electron chi connectivity index (χ2n) is 7.32. The molecule has 2 aliphatic rings. The van der Waals surface area contributed by atoms with Crippen LogP contribution in [0.15, 0.2) is 48.5 Å². The van der Waals surface area contributed by atoms with Gasteiger partial charge < -0.3 is 19.1 Å². The molecule has 0 radical (unpaired) electrons. The van der Waals surface area contributed by atoms with E-state index in [9.17, 15) is 9.59 Å². The van der Waals surface area contributed by atoms with E-state index in [1.165, 1.54) is 0 Å². The number of anilines is 1. The second kappa shape index (κ2) is 9.09. The maximum atomic E-state index is 12.6. The summed E-state index contributed by atoms with van der Waals surface area (Å²) >= 11 is 0. The Morgan fingerprint density at radius 2 is 1.90 bits per heavy atom. The predicted molar refractivity (Wildman–Crippen MR) is 108 cm³/mol. The summed E-state index contributed by atoms with van der Waals surface area (Å²) in [6.45, 7) is 1.67. The molecule has 29 heavy (non-hydrogen) atoms. The first-order valence-corrected chi connectivity index (χ1v) is 10.1. The quantitative estimate of drug-likeness (QED) is 0.702. The number of hydrogen-bond donors (Lipinski definition) is 0. The van der Waals surface area contributed by atoms with Gasteiger partial charge in [0.2, 0.25) is 0 Å². The van der Waals surface area contributed by atoms with Gasteiger partial charge in [-0.3, -0.25) is 4.79 Å². The van der Waals surface area contributed by atoms with Crippen molar-refractivity contribution in [3.63, 3.8) is 0 Å². The van der Waals surface area contributed by atoms with Crippen LogP contribution in [0.25, 0.3) is 0 Å². The number of ether oxygens (including phenoxy) is 3. The molecule has 0 bridgehead atoms. The number of rotatable bonds is 6. The zero-order valence-electron chi connectivity index (χ0n) is 16.3. The number of fused-ring (bicyclic) bond motifs is 1. The first kappa shape index (κ1) is 19.5. The third kappa shape index (κ3) is 4.77. The lowest BCUT2D eigenvalue weighted by atomic mass is 10.0. The lowest BCUT2D eigenvalue weighted by Crippen LogP contribution is -2.38. The Bertz CT molecular complexity index is 858. The van der Waals surface area contributed by atoms with E-state index in [-0.39, 0.29) is 18.6 Å². The molecule has 0 spiro atoms. The molecule has 0 aromatic heterocycles. The molecular formula is C23H25NO5. The number of benzene rings is 2. The molecule has 2 aliphatic heterocycles. The van der Waals surface area contributed by atoms with Crippen molar-refractivity contribution in [3.05, 3.63) is 59.7 Å². The summed E-state index contributed by atoms with van der Waals surface area (Å²) in [7, 11) is 0. The van der Waals surface area contributed by atoms with E-state index >= 15 is 0 Å². The van der Waals surface area contributed by atoms with Crippen LogP contribution >= 0.6 is 0 Å². The summed E-state index contributed by atoms with van der Waals surface area (Å²) in [6, 6.07) is 14.6. The number of aryl methyl sites for hydroxylation is 1. The first-order chi connectivity index (χ1) is 14.2. The molecule has 0 N–H and O–H groups in total. The summed E-state index contributed by atoms with van der Waals surface area (Å²) in [4.78, 5) is 26.6. The van der Waals surface area contributed by atoms with Gasteiger partial charge in [0.1, 0.15) is 12.4 Å². The fourth-order valence-corrected chi connectivity index (χ4v) is 3.73. The summed E-state index contributed by atoms with van der Waals surface area (Å²) in [5.41, 5.74) is 2.45. The van der Waals surface area contributed by atoms with Crippen LogP contribution in [0.4, 0.5) is 5.69 Å². The molecule has 6 heteroatoms. The van der Waals surface area contributed by atoms with Gasteiger partial charge in [-0.05, 0) is 61.6 Å². The number of esters is 1. The van der Waals surface area contributed by atoms with Crippen molar-refractivity contribution in [3.8, 4) is 5.75 Å². The number of nitrogens with zero attached hydrogens (tertiary/aromatic N) is 1. The predicted octanol–water partition coefficient (Wildman–Crippen LogP) is 3.38. The fraction of sp³-hybridized carbons (Fsp3) is 0.391. The van der Waals surface area contributed by atoms with Gasteiger partial charge in [0.25, 0.3) is 5.91 Å². The van der Waals surface area contributed by atoms with Crippen molar-refractivity contribution in [2.75, 3.05) is 31.3 Å². The summed E-state index contributed by atoms with van der Waals surface area (Å²) in [5, 5.41) is 0. The van der Waals surface area contributed by atoms with Gasteiger partial charge >= 0.3 is 5.97 Å². The van der Waals surface area contributed by atoms with Crippen LogP contribution < -0.4 is 9.64 Å². The van der Waals surface area contributed by atoms with Gasteiger partial charge in [-0.25, -0.2) is 4.79 Å². The van der Waals surface area contributed by atoms with Crippen molar-refractivity contribution in [2.24, 2.45) is 0 Å². The van der Waals surface area contributed by atoms with Gasteiger partial charge in [0, 0.05) is 18.8 Å². The van der Waals surface area contributed by atoms with E-state index in [4.69, 9.17) is 14.2 Å². The molecule has 152 valence electrons. The largest absolute Gasteiger partial charge is 0.491 e. The average Bonchev–Trinajstić information content (AvgIpc) is 3.29. The van der Waals surface area contributed by atoms with Gasteiger partial charge in [-0.15, -0.1) is 0 Å². The van der Waals surface area contributed by atoms with Crippen LogP contribution in [-0.2, 0) is 20.7 Å². The summed E-state index contributed by atoms with van der Waals surface area (Å²) in [5.74, 6) is -0.0469. The Morgan fingerprint density at radius 1 is 1.07 bits per heavy atom. The van der Waals surface area contributed by atoms with Gasteiger partial charge in [-0.1, -0.05) is 18.2 Å². The highest BCUT2D eigenvalue weighted by molar-refractivity contribution is 5.98. The van der Waals surface area contributed by atoms with Crippen molar-refractivity contribution in [2.45, 2.75) is 31.8 Å². The van der Waals surface area contributed by atoms with Gasteiger partial charge in [0.05, 0.1) is 11.7 Å². The van der Waals surface area contributed by atoms with E-state index in [1.807, 2.05) is 24.3 Å². The Morgan fingerprint density at radius 3 is 2.69 bits per heavy atom. The maximum absolute atomic E-state index is 12.6. The highest BCUT2D eigenvalue weighted by Crippen LogP contribution is 2.26. The Labute approximate surface area is 170 Å². The standard InChI is InChI=1S/C23H25NO5/c25-22(24-13-3-6-17-5-1-2-8-21(17)24)16-29-23(26)18-9-11-19(12-10-18)28-15-20-7-4-14-27-20/h1-2,5,8-12,20H,3-4,6-7,13-16H2/t20-/m1/s1. The zero-order valence-corrected chi connectivity index (χ0v) is 16.3. The second-order valence-corrected chi connectivity index (χ2v) is 7.32. The number of hydrogen-bond acceptors (Lipinski definition) is 5. The highest BCUT2D eigenvalue weighted by Gasteiger charge is 2.23. The van der Waals surface area contributed by atoms with Crippen molar-refractivity contribution in [1.29, 1.82) is 0 Å². The molecule has 0 aliphatic carbocycles. The van der Waals surface area contributed by atoms with Crippen molar-refractivity contribution in [1.82, 2.24) is 0 Å². The lowest BCUT2D eigenvalue weighted by molar-refractivity contribution is -0.121. The molecule has 6 nitrogen and oxygen atoms in total. The van der Waals surface area contributed by atoms with Gasteiger partial charge in [-0.2, -0.15) is 0 Å². The SMILES string of the molecule is O=C(OCC(=O)N1CCCc2ccccc21)c1ccc(OC[C@H]2CCCO2)cc1. The first-order valence-electron chi connectivity index (χ1n) is 10.1. The maximum Gasteiger partial charge on any atom is 0.338 e. The fourth-order valence-electron chi connectivity index (χ4n) is 3.73. The molecule has 1 amide bonds. The van der Waals surface area contributed by atoms with Crippen LogP contribution in [0.2, 0.25) is 0 Å². The smallest absolute Gasteiger partial charge is 0.338 e. The van der Waals surface area contributed by atoms with Crippen molar-refractivity contribution >= 4 is 17.6 Å². The molecule has 0 unspecified atom stereocenters. The topological polar surface area (TPSA) is 65.1 Å². The molecule has 2 heterocycles. The third-order valence-electron chi connectivity index (χ3n) is 5.29. The average molecular weight is 395 g/mol. The number of carbonyl (C=O) groups excluding carboxylic acids is 2. The van der Waals surface area contributed by atoms with E-state index < -0.39 is 5.97 Å². The Hall–Kier alpha value is -2.86. The Kier molecular flexibility index (Phi) is 6.10. The molecule has 1 atom stereocenters. The number of carbonyl (C=O) groups is 2. The van der Waals surface area contributed by atoms with E-state index in [0.717, 1.165) is 43.5 Å². The summed E-state index contributed by atoms with van der Waals surface area (Å²) in [6.07, 6.45) is 4.09. The molecule has 1 fully saturated rings. The molecule has 1 saturated heterocycles. The van der Waals surface area contributed by atoms with Gasteiger partial charge in [0.15, 0.2) is 6.61 Å². The minimum Gasteiger partial charge on any atom is -0.491 e. The van der Waals surface area contributed by atoms with E-state index in [2.05, 4.69) is 0 Å². The van der Waals surface area contributed by atoms with Crippen LogP contribution in [0.3, 0.4) is 0 Å². The zero-order chi connectivity index (χ0) is 20.1. The lowest BCUT2D eigenvalue weighted by Gasteiger charge is -2.29. The van der Waals surface area contributed by atoms with Crippen LogP contribution in [0, 0.1) is 0 Å². The van der Waals surface area contributed by atoms with Crippen molar-refractivity contribution < 1.29 is 23.8 Å². The van der Waals surface area contributed by atoms with Crippen LogP contribution in [-0.4, -0.2) is 44.3 Å². The molecular weight excluding hydrogens is 370 g/mol. The monoisotopic (exact) mass is 395 g/mol. The van der Waals surface area contributed by atoms with Crippen LogP contribution in [0.5, 0.6) is 5.75 Å². The van der Waals surface area contributed by atoms with E-state index in [1.54, 1.807) is 29.2 Å².